The fourth-order valence-corrected chi connectivity index (χ4v) is 3.51. The molecule has 6 nitrogen and oxygen atoms in total. The molecule has 6 heteroatoms. The molecule has 1 aromatic heterocycles. The van der Waals surface area contributed by atoms with Crippen molar-refractivity contribution in [1.82, 2.24) is 9.88 Å². The first-order valence-electron chi connectivity index (χ1n) is 10.5. The highest BCUT2D eigenvalue weighted by atomic mass is 16.1. The van der Waals surface area contributed by atoms with E-state index in [1.807, 2.05) is 18.2 Å². The van der Waals surface area contributed by atoms with Crippen LogP contribution in [-0.2, 0) is 0 Å². The number of benzene rings is 1. The average Bonchev–Trinajstić information content (AvgIpc) is 2.72. The van der Waals surface area contributed by atoms with E-state index < -0.39 is 0 Å². The van der Waals surface area contributed by atoms with Crippen LogP contribution in [0.4, 0.5) is 17.1 Å². The SMILES string of the molecule is CC1CCN(c2ccc(NC(=O)c3cncc(NCCCN(C)C)c3)cc2)CC1. The fourth-order valence-electron chi connectivity index (χ4n) is 3.51. The third-order valence-corrected chi connectivity index (χ3v) is 5.39. The Balaban J connectivity index is 1.54. The Bertz CT molecular complexity index is 782. The minimum Gasteiger partial charge on any atom is -0.384 e. The standard InChI is InChI=1S/C23H33N5O/c1-18-9-13-28(14-10-18)22-7-5-20(6-8-22)26-23(29)19-15-21(17-24-16-19)25-11-4-12-27(2)3/h5-8,15-18,25H,4,9-14H2,1-3H3,(H,26,29). The van der Waals surface area contributed by atoms with E-state index in [-0.39, 0.29) is 5.91 Å². The van der Waals surface area contributed by atoms with Crippen LogP contribution in [0.15, 0.2) is 42.7 Å². The first-order valence-corrected chi connectivity index (χ1v) is 10.5. The molecule has 1 aromatic carbocycles. The van der Waals surface area contributed by atoms with Crippen LogP contribution in [0.3, 0.4) is 0 Å². The van der Waals surface area contributed by atoms with Crippen LogP contribution < -0.4 is 15.5 Å². The lowest BCUT2D eigenvalue weighted by atomic mass is 9.99. The van der Waals surface area contributed by atoms with Gasteiger partial charge in [0, 0.05) is 43.4 Å². The van der Waals surface area contributed by atoms with Crippen LogP contribution in [0.25, 0.3) is 0 Å². The topological polar surface area (TPSA) is 60.5 Å². The van der Waals surface area contributed by atoms with E-state index in [1.165, 1.54) is 18.5 Å². The van der Waals surface area contributed by atoms with Crippen molar-refractivity contribution < 1.29 is 4.79 Å². The van der Waals surface area contributed by atoms with Crippen molar-refractivity contribution in [1.29, 1.82) is 0 Å². The molecular formula is C23H33N5O. The van der Waals surface area contributed by atoms with Gasteiger partial charge in [-0.25, -0.2) is 0 Å². The van der Waals surface area contributed by atoms with E-state index in [0.717, 1.165) is 49.9 Å². The highest BCUT2D eigenvalue weighted by molar-refractivity contribution is 6.04. The number of carbonyl (C=O) groups excluding carboxylic acids is 1. The molecule has 1 aliphatic rings. The van der Waals surface area contributed by atoms with Crippen LogP contribution in [0.1, 0.15) is 36.5 Å². The van der Waals surface area contributed by atoms with E-state index in [1.54, 1.807) is 12.4 Å². The first-order chi connectivity index (χ1) is 14.0. The Hall–Kier alpha value is -2.60. The lowest BCUT2D eigenvalue weighted by Crippen LogP contribution is -2.32. The maximum absolute atomic E-state index is 12.6. The van der Waals surface area contributed by atoms with E-state index in [0.29, 0.717) is 5.56 Å². The summed E-state index contributed by atoms with van der Waals surface area (Å²) in [6, 6.07) is 9.98. The lowest BCUT2D eigenvalue weighted by Gasteiger charge is -2.32. The Morgan fingerprint density at radius 2 is 1.86 bits per heavy atom. The van der Waals surface area contributed by atoms with Crippen LogP contribution in [0, 0.1) is 5.92 Å². The summed E-state index contributed by atoms with van der Waals surface area (Å²) in [6.45, 7) is 6.40. The number of aromatic nitrogens is 1. The van der Waals surface area contributed by atoms with Crippen molar-refractivity contribution in [3.8, 4) is 0 Å². The second-order valence-electron chi connectivity index (χ2n) is 8.22. The fraction of sp³-hybridized carbons (Fsp3) is 0.478. The van der Waals surface area contributed by atoms with Gasteiger partial charge in [0.05, 0.1) is 11.3 Å². The Labute approximate surface area is 174 Å². The highest BCUT2D eigenvalue weighted by Crippen LogP contribution is 2.24. The van der Waals surface area contributed by atoms with Gasteiger partial charge in [-0.3, -0.25) is 9.78 Å². The van der Waals surface area contributed by atoms with Crippen molar-refractivity contribution in [2.24, 2.45) is 5.92 Å². The normalized spacial score (nSPS) is 14.8. The van der Waals surface area contributed by atoms with Crippen molar-refractivity contribution in [2.45, 2.75) is 26.2 Å². The van der Waals surface area contributed by atoms with E-state index in [2.05, 4.69) is 58.6 Å². The van der Waals surface area contributed by atoms with Crippen molar-refractivity contribution in [3.63, 3.8) is 0 Å². The summed E-state index contributed by atoms with van der Waals surface area (Å²) in [5, 5.41) is 6.30. The van der Waals surface area contributed by atoms with Gasteiger partial charge in [0.1, 0.15) is 0 Å². The van der Waals surface area contributed by atoms with Crippen molar-refractivity contribution >= 4 is 23.0 Å². The molecule has 0 atom stereocenters. The number of carbonyl (C=O) groups is 1. The highest BCUT2D eigenvalue weighted by Gasteiger charge is 2.16. The zero-order valence-corrected chi connectivity index (χ0v) is 17.8. The molecule has 0 aliphatic carbocycles. The second kappa shape index (κ2) is 10.3. The Morgan fingerprint density at radius 3 is 2.55 bits per heavy atom. The number of piperidine rings is 1. The van der Waals surface area contributed by atoms with Crippen molar-refractivity contribution in [2.75, 3.05) is 55.8 Å². The Kier molecular flexibility index (Phi) is 7.47. The van der Waals surface area contributed by atoms with Gasteiger partial charge in [-0.15, -0.1) is 0 Å². The molecule has 3 rings (SSSR count). The molecule has 2 N–H and O–H groups in total. The largest absolute Gasteiger partial charge is 0.384 e. The molecule has 1 fully saturated rings. The Morgan fingerprint density at radius 1 is 1.14 bits per heavy atom. The number of anilines is 3. The maximum Gasteiger partial charge on any atom is 0.257 e. The monoisotopic (exact) mass is 395 g/mol. The van der Waals surface area contributed by atoms with Crippen molar-refractivity contribution in [3.05, 3.63) is 48.3 Å². The van der Waals surface area contributed by atoms with Gasteiger partial charge in [0.15, 0.2) is 0 Å². The van der Waals surface area contributed by atoms with Gasteiger partial charge >= 0.3 is 0 Å². The third-order valence-electron chi connectivity index (χ3n) is 5.39. The molecule has 2 aromatic rings. The maximum atomic E-state index is 12.6. The van der Waals surface area contributed by atoms with Gasteiger partial charge < -0.3 is 20.4 Å². The predicted molar refractivity (Wildman–Crippen MR) is 121 cm³/mol. The minimum absolute atomic E-state index is 0.144. The number of hydrogen-bond donors (Lipinski definition) is 2. The van der Waals surface area contributed by atoms with E-state index >= 15 is 0 Å². The molecule has 0 bridgehead atoms. The predicted octanol–water partition coefficient (Wildman–Crippen LogP) is 3.93. The second-order valence-corrected chi connectivity index (χ2v) is 8.22. The summed E-state index contributed by atoms with van der Waals surface area (Å²) >= 11 is 0. The van der Waals surface area contributed by atoms with Gasteiger partial charge in [-0.1, -0.05) is 6.92 Å². The number of nitrogens with zero attached hydrogens (tertiary/aromatic N) is 3. The van der Waals surface area contributed by atoms with Crippen LogP contribution in [-0.4, -0.2) is 56.1 Å². The molecule has 1 saturated heterocycles. The lowest BCUT2D eigenvalue weighted by molar-refractivity contribution is 0.102. The zero-order valence-electron chi connectivity index (χ0n) is 17.8. The van der Waals surface area contributed by atoms with Gasteiger partial charge in [0.2, 0.25) is 0 Å². The van der Waals surface area contributed by atoms with Gasteiger partial charge in [0.25, 0.3) is 5.91 Å². The van der Waals surface area contributed by atoms with Crippen LogP contribution >= 0.6 is 0 Å². The number of rotatable bonds is 8. The molecule has 0 radical (unpaired) electrons. The molecule has 2 heterocycles. The molecule has 0 spiro atoms. The summed E-state index contributed by atoms with van der Waals surface area (Å²) in [6.07, 6.45) is 6.87. The minimum atomic E-state index is -0.144. The average molecular weight is 396 g/mol. The van der Waals surface area contributed by atoms with Crippen LogP contribution in [0.5, 0.6) is 0 Å². The van der Waals surface area contributed by atoms with E-state index in [9.17, 15) is 4.79 Å². The third kappa shape index (κ3) is 6.46. The summed E-state index contributed by atoms with van der Waals surface area (Å²) in [4.78, 5) is 21.4. The summed E-state index contributed by atoms with van der Waals surface area (Å²) < 4.78 is 0. The molecule has 156 valence electrons. The number of nitrogens with one attached hydrogen (secondary N) is 2. The van der Waals surface area contributed by atoms with E-state index in [4.69, 9.17) is 0 Å². The molecule has 1 amide bonds. The summed E-state index contributed by atoms with van der Waals surface area (Å²) in [5.74, 6) is 0.672. The first kappa shape index (κ1) is 21.1. The smallest absolute Gasteiger partial charge is 0.257 e. The van der Waals surface area contributed by atoms with Gasteiger partial charge in [-0.2, -0.15) is 0 Å². The molecular weight excluding hydrogens is 362 g/mol. The molecule has 0 saturated carbocycles. The number of hydrogen-bond acceptors (Lipinski definition) is 5. The summed E-state index contributed by atoms with van der Waals surface area (Å²) in [5.41, 5.74) is 3.44. The molecule has 0 unspecified atom stereocenters. The zero-order chi connectivity index (χ0) is 20.6. The summed E-state index contributed by atoms with van der Waals surface area (Å²) in [7, 11) is 4.12. The van der Waals surface area contributed by atoms with Gasteiger partial charge in [-0.05, 0) is 76.2 Å². The molecule has 29 heavy (non-hydrogen) atoms. The molecule has 1 aliphatic heterocycles. The number of pyridine rings is 1. The van der Waals surface area contributed by atoms with Crippen LogP contribution in [0.2, 0.25) is 0 Å². The number of amides is 1. The quantitative estimate of drug-likeness (QED) is 0.663.